The van der Waals surface area contributed by atoms with Gasteiger partial charge < -0.3 is 48.5 Å². The summed E-state index contributed by atoms with van der Waals surface area (Å²) >= 11 is 2.75. The van der Waals surface area contributed by atoms with Gasteiger partial charge in [0, 0.05) is 48.6 Å². The van der Waals surface area contributed by atoms with Crippen molar-refractivity contribution in [3.8, 4) is 28.7 Å². The zero-order valence-electron chi connectivity index (χ0n) is 81.5. The Morgan fingerprint density at radius 3 is 1.20 bits per heavy atom. The van der Waals surface area contributed by atoms with Crippen LogP contribution in [0.15, 0.2) is 179 Å². The minimum absolute atomic E-state index is 0.0490. The van der Waals surface area contributed by atoms with Gasteiger partial charge in [-0.2, -0.15) is 0 Å². The first-order chi connectivity index (χ1) is 65.0. The number of imide groups is 2. The number of amides is 6. The molecule has 0 spiro atoms. The van der Waals surface area contributed by atoms with Gasteiger partial charge in [-0.1, -0.05) is 259 Å². The maximum absolute atomic E-state index is 15.2. The number of ether oxygens (including phenoxy) is 8. The van der Waals surface area contributed by atoms with E-state index in [4.69, 9.17) is 47.9 Å². The molecule has 7 aromatic carbocycles. The minimum Gasteiger partial charge on any atom is -0.497 e. The van der Waals surface area contributed by atoms with Gasteiger partial charge in [-0.15, -0.1) is 0 Å². The van der Waals surface area contributed by atoms with Gasteiger partial charge in [0.2, 0.25) is 0 Å². The number of hydrogen-bond donors (Lipinski definition) is 2. The van der Waals surface area contributed by atoms with Gasteiger partial charge in [0.1, 0.15) is 38.5 Å². The van der Waals surface area contributed by atoms with Crippen molar-refractivity contribution in [3.63, 3.8) is 0 Å². The van der Waals surface area contributed by atoms with Crippen LogP contribution in [0, 0.1) is 27.7 Å². The van der Waals surface area contributed by atoms with Crippen LogP contribution in [0.5, 0.6) is 28.7 Å². The quantitative estimate of drug-likeness (QED) is 0.0335. The predicted octanol–water partition coefficient (Wildman–Crippen LogP) is 24.5. The van der Waals surface area contributed by atoms with E-state index in [-0.39, 0.29) is 77.7 Å². The number of nitrogens with one attached hydrogen (secondary N) is 2. The molecule has 26 nitrogen and oxygen atoms in total. The number of methoxy groups -OCH3 is 1. The first kappa shape index (κ1) is 107. The van der Waals surface area contributed by atoms with E-state index in [1.165, 1.54) is 192 Å². The molecular formula is C105H142N8O18S4. The SMILES string of the molecule is CCCCCCCCCCCCOCCCN1C(C(C(=O)Nc2cc(C)ccc2Sc2cc(OCCCCCCCC)ccc2OCCCCCCCC)N2C(=O)OC(C)(C)C2=O)=Nc2ccccc2S1(=O)=O.CCCCCCCCOc1ccc(C)cc1Sc1ccc(OC)cc1NC(=O)C(C1=Nc2ccccc2S(=O)(=O)N1CCCOc1ccc(C)cc1C)N1C(=O)OC(C)(C)C1=O. The Morgan fingerprint density at radius 1 is 0.393 bits per heavy atom. The average Bonchev–Trinajstić information content (AvgIpc) is 1.73. The Balaban J connectivity index is 0.000000283. The maximum atomic E-state index is 15.2. The zero-order chi connectivity index (χ0) is 97.1. The standard InChI is InChI=1S/C58H86N4O9S2.C47H56N4O9S2/c1-7-10-13-16-19-20-21-22-23-28-39-68-40-31-38-61-54(59-47-32-26-27-33-52(47)73(61,66)67)53(62-56(64)58(5,6)71-57(62)65)55(63)60-48-43-45(4)34-37-50(48)72-51-44-46(69-41-29-24-17-14-11-8-2)35-36-49(51)70-42-30-25-18-15-12-9-3;1-8-9-10-11-12-15-26-59-38-23-20-32(3)29-40(38)61-39-24-21-34(57-7)30-36(39)49-44(52)42(51-45(53)47(5,6)60-46(51)54)43-48-35-17-13-14-18-41(35)62(55,56)50(43)25-16-27-58-37-22-19-31(2)28-33(37)4/h26-27,32-37,43-44,53H,7-25,28-31,38-42H2,1-6H3,(H,60,63);13-14,17-24,28-30,42H,8-12,15-16,25-27H2,1-7H3,(H,49,52). The zero-order valence-corrected chi connectivity index (χ0v) is 84.7. The van der Waals surface area contributed by atoms with E-state index < -0.39 is 79.1 Å². The van der Waals surface area contributed by atoms with Crippen molar-refractivity contribution < 1.29 is 83.5 Å². The van der Waals surface area contributed by atoms with Crippen LogP contribution >= 0.6 is 23.5 Å². The van der Waals surface area contributed by atoms with Gasteiger partial charge >= 0.3 is 12.2 Å². The largest absolute Gasteiger partial charge is 0.497 e. The van der Waals surface area contributed by atoms with Crippen LogP contribution in [0.1, 0.15) is 270 Å². The molecule has 135 heavy (non-hydrogen) atoms. The molecule has 4 aliphatic rings. The van der Waals surface area contributed by atoms with E-state index in [0.29, 0.717) is 80.5 Å². The molecule has 2 unspecified atom stereocenters. The van der Waals surface area contributed by atoms with Crippen molar-refractivity contribution in [1.82, 2.24) is 18.4 Å². The summed E-state index contributed by atoms with van der Waals surface area (Å²) < 4.78 is 108. The summed E-state index contributed by atoms with van der Waals surface area (Å²) in [5.41, 5.74) is 1.34. The number of cyclic esters (lactones) is 2. The van der Waals surface area contributed by atoms with Crippen LogP contribution in [0.2, 0.25) is 0 Å². The summed E-state index contributed by atoms with van der Waals surface area (Å²) in [6, 6.07) is 36.9. The minimum atomic E-state index is -4.38. The monoisotopic (exact) mass is 1930 g/mol. The molecule has 2 fully saturated rings. The summed E-state index contributed by atoms with van der Waals surface area (Å²) in [4.78, 5) is 99.5. The molecule has 2 saturated heterocycles. The van der Waals surface area contributed by atoms with Crippen LogP contribution < -0.4 is 34.3 Å². The lowest BCUT2D eigenvalue weighted by Gasteiger charge is -2.35. The fraction of sp³-hybridized carbons (Fsp3) is 0.524. The van der Waals surface area contributed by atoms with Crippen molar-refractivity contribution in [2.75, 3.05) is 70.5 Å². The molecule has 0 bridgehead atoms. The van der Waals surface area contributed by atoms with Gasteiger partial charge in [-0.05, 0) is 189 Å². The number of anilines is 2. The number of aliphatic imine (C=N–C) groups is 2. The highest BCUT2D eigenvalue weighted by molar-refractivity contribution is 8.00. The Hall–Kier alpha value is -10.1. The van der Waals surface area contributed by atoms with Crippen LogP contribution in [-0.2, 0) is 53.4 Å². The first-order valence-corrected chi connectivity index (χ1v) is 53.2. The van der Waals surface area contributed by atoms with Gasteiger partial charge in [0.15, 0.2) is 35.0 Å². The van der Waals surface area contributed by atoms with Crippen molar-refractivity contribution in [3.05, 3.63) is 162 Å². The fourth-order valence-electron chi connectivity index (χ4n) is 16.3. The second-order valence-electron chi connectivity index (χ2n) is 36.0. The molecule has 2 N–H and O–H groups in total. The Bertz CT molecular complexity index is 5430. The second kappa shape index (κ2) is 53.0. The number of hydrogen-bond acceptors (Lipinski definition) is 22. The highest BCUT2D eigenvalue weighted by atomic mass is 32.2. The number of carbonyl (C=O) groups excluding carboxylic acids is 6. The molecule has 0 aromatic heterocycles. The molecule has 0 radical (unpaired) electrons. The number of nitrogens with zero attached hydrogens (tertiary/aromatic N) is 6. The molecule has 2 atom stereocenters. The van der Waals surface area contributed by atoms with Gasteiger partial charge in [-0.3, -0.25) is 27.8 Å². The Kier molecular flexibility index (Phi) is 42.0. The molecule has 7 aromatic rings. The molecule has 734 valence electrons. The highest BCUT2D eigenvalue weighted by Gasteiger charge is 2.57. The summed E-state index contributed by atoms with van der Waals surface area (Å²) in [6.07, 6.45) is 30.7. The Morgan fingerprint density at radius 2 is 0.748 bits per heavy atom. The number of amidine groups is 2. The molecule has 0 saturated carbocycles. The highest BCUT2D eigenvalue weighted by Crippen LogP contribution is 2.46. The molecular weight excluding hydrogens is 1790 g/mol. The summed E-state index contributed by atoms with van der Waals surface area (Å²) in [6.45, 7) is 24.6. The lowest BCUT2D eigenvalue weighted by atomic mass is 10.1. The third kappa shape index (κ3) is 30.2. The summed E-state index contributed by atoms with van der Waals surface area (Å²) in [5.74, 6) is -0.910. The van der Waals surface area contributed by atoms with Crippen LogP contribution in [0.3, 0.4) is 0 Å². The summed E-state index contributed by atoms with van der Waals surface area (Å²) in [5, 5.41) is 5.94. The van der Waals surface area contributed by atoms with E-state index in [0.717, 1.165) is 111 Å². The molecule has 30 heteroatoms. The predicted molar refractivity (Wildman–Crippen MR) is 534 cm³/mol. The molecule has 4 aliphatic heterocycles. The van der Waals surface area contributed by atoms with E-state index in [9.17, 15) is 36.0 Å². The van der Waals surface area contributed by atoms with E-state index in [1.807, 2.05) is 94.4 Å². The molecule has 0 aliphatic carbocycles. The number of para-hydroxylation sites is 2. The van der Waals surface area contributed by atoms with Gasteiger partial charge in [0.25, 0.3) is 43.7 Å². The molecule has 6 amide bonds. The van der Waals surface area contributed by atoms with Gasteiger partial charge in [0.05, 0.1) is 66.1 Å². The smallest absolute Gasteiger partial charge is 0.418 e. The van der Waals surface area contributed by atoms with E-state index >= 15 is 9.59 Å². The van der Waals surface area contributed by atoms with Crippen LogP contribution in [0.4, 0.5) is 32.3 Å². The Labute approximate surface area is 809 Å². The van der Waals surface area contributed by atoms with E-state index in [2.05, 4.69) is 38.3 Å². The van der Waals surface area contributed by atoms with Crippen molar-refractivity contribution in [2.24, 2.45) is 9.98 Å². The van der Waals surface area contributed by atoms with Crippen molar-refractivity contribution >= 4 is 114 Å². The average molecular weight is 1930 g/mol. The van der Waals surface area contributed by atoms with Gasteiger partial charge in [-0.25, -0.2) is 46.2 Å². The lowest BCUT2D eigenvalue weighted by molar-refractivity contribution is -0.137. The number of rotatable bonds is 57. The summed E-state index contributed by atoms with van der Waals surface area (Å²) in [7, 11) is -7.23. The van der Waals surface area contributed by atoms with Crippen LogP contribution in [0.25, 0.3) is 0 Å². The third-order valence-corrected chi connectivity index (χ3v) is 29.8. The topological polar surface area (TPSA) is 306 Å². The normalized spacial score (nSPS) is 15.4. The van der Waals surface area contributed by atoms with Crippen molar-refractivity contribution in [1.29, 1.82) is 0 Å². The number of carbonyl (C=O) groups is 6. The number of sulfonamides is 2. The van der Waals surface area contributed by atoms with E-state index in [1.54, 1.807) is 48.5 Å². The number of fused-ring (bicyclic) bond motifs is 2. The van der Waals surface area contributed by atoms with Crippen LogP contribution in [-0.4, -0.2) is 166 Å². The molecule has 4 heterocycles. The lowest BCUT2D eigenvalue weighted by Crippen LogP contribution is -2.59. The number of aryl methyl sites for hydroxylation is 4. The number of unbranched alkanes of at least 4 members (excludes halogenated alkanes) is 24. The molecule has 11 rings (SSSR count). The first-order valence-electron chi connectivity index (χ1n) is 48.7. The fourth-order valence-corrected chi connectivity index (χ4v) is 21.6. The van der Waals surface area contributed by atoms with Crippen molar-refractivity contribution in [2.45, 2.75) is 328 Å². The second-order valence-corrected chi connectivity index (χ2v) is 41.8. The maximum Gasteiger partial charge on any atom is 0.418 e. The third-order valence-electron chi connectivity index (χ3n) is 23.9. The number of benzene rings is 7.